The number of nitrogen functional groups attached to an aromatic ring is 1. The van der Waals surface area contributed by atoms with Crippen molar-refractivity contribution in [3.05, 3.63) is 46.2 Å². The summed E-state index contributed by atoms with van der Waals surface area (Å²) >= 11 is 3.40. The molecule has 1 heterocycles. The first-order chi connectivity index (χ1) is 8.13. The highest BCUT2D eigenvalue weighted by atomic mass is 79.9. The maximum Gasteiger partial charge on any atom is 0.132 e. The van der Waals surface area contributed by atoms with E-state index in [-0.39, 0.29) is 0 Å². The van der Waals surface area contributed by atoms with E-state index in [1.807, 2.05) is 19.1 Å². The Morgan fingerprint density at radius 3 is 2.59 bits per heavy atom. The molecule has 88 valence electrons. The van der Waals surface area contributed by atoms with Crippen LogP contribution in [0.3, 0.4) is 0 Å². The van der Waals surface area contributed by atoms with Gasteiger partial charge in [-0.15, -0.1) is 0 Å². The number of hydrogen-bond acceptors (Lipinski definition) is 4. The smallest absolute Gasteiger partial charge is 0.132 e. The quantitative estimate of drug-likeness (QED) is 0.913. The predicted octanol–water partition coefficient (Wildman–Crippen LogP) is 2.74. The van der Waals surface area contributed by atoms with Crippen LogP contribution < -0.4 is 11.1 Å². The molecule has 0 atom stereocenters. The number of anilines is 2. The Hall–Kier alpha value is -1.62. The Balaban J connectivity index is 2.04. The molecule has 5 heteroatoms. The normalized spacial score (nSPS) is 10.2. The number of nitrogens with zero attached hydrogens (tertiary/aromatic N) is 2. The largest absolute Gasteiger partial charge is 0.384 e. The van der Waals surface area contributed by atoms with Crippen LogP contribution in [0.1, 0.15) is 11.4 Å². The zero-order chi connectivity index (χ0) is 12.3. The number of nitrogens with one attached hydrogen (secondary N) is 1. The maximum atomic E-state index is 5.65. The van der Waals surface area contributed by atoms with Gasteiger partial charge in [0.2, 0.25) is 0 Å². The summed E-state index contributed by atoms with van der Waals surface area (Å²) in [6.45, 7) is 2.53. The van der Waals surface area contributed by atoms with E-state index < -0.39 is 0 Å². The number of benzene rings is 1. The van der Waals surface area contributed by atoms with Gasteiger partial charge in [-0.1, -0.05) is 28.1 Å². The van der Waals surface area contributed by atoms with Crippen LogP contribution in [0, 0.1) is 6.92 Å². The average Bonchev–Trinajstić information content (AvgIpc) is 2.27. The monoisotopic (exact) mass is 292 g/mol. The number of aromatic nitrogens is 2. The topological polar surface area (TPSA) is 63.8 Å². The summed E-state index contributed by atoms with van der Waals surface area (Å²) in [5.74, 6) is 1.90. The fourth-order valence-corrected chi connectivity index (χ4v) is 1.74. The van der Waals surface area contributed by atoms with E-state index >= 15 is 0 Å². The van der Waals surface area contributed by atoms with Crippen LogP contribution in [0.25, 0.3) is 0 Å². The van der Waals surface area contributed by atoms with E-state index in [1.165, 1.54) is 5.56 Å². The van der Waals surface area contributed by atoms with Crippen LogP contribution in [0.15, 0.2) is 34.8 Å². The van der Waals surface area contributed by atoms with Gasteiger partial charge in [-0.2, -0.15) is 0 Å². The Labute approximate surface area is 108 Å². The second kappa shape index (κ2) is 5.14. The number of halogens is 1. The van der Waals surface area contributed by atoms with Crippen molar-refractivity contribution < 1.29 is 0 Å². The van der Waals surface area contributed by atoms with E-state index in [1.54, 1.807) is 6.07 Å². The molecular formula is C12H13BrN4. The van der Waals surface area contributed by atoms with Gasteiger partial charge in [-0.25, -0.2) is 9.97 Å². The summed E-state index contributed by atoms with van der Waals surface area (Å²) in [5, 5.41) is 3.22. The highest BCUT2D eigenvalue weighted by Crippen LogP contribution is 2.13. The number of nitrogens with two attached hydrogens (primary N) is 1. The van der Waals surface area contributed by atoms with Crippen LogP contribution in [0.2, 0.25) is 0 Å². The summed E-state index contributed by atoms with van der Waals surface area (Å²) in [7, 11) is 0. The third-order valence-electron chi connectivity index (χ3n) is 2.24. The van der Waals surface area contributed by atoms with Gasteiger partial charge in [0.15, 0.2) is 0 Å². The molecule has 2 rings (SSSR count). The first-order valence-corrected chi connectivity index (χ1v) is 6.02. The van der Waals surface area contributed by atoms with Crippen LogP contribution in [0.4, 0.5) is 11.6 Å². The lowest BCUT2D eigenvalue weighted by Gasteiger charge is -2.07. The fraction of sp³-hybridized carbons (Fsp3) is 0.167. The molecule has 1 aromatic heterocycles. The summed E-state index contributed by atoms with van der Waals surface area (Å²) < 4.78 is 1.07. The molecule has 0 aliphatic heterocycles. The minimum absolute atomic E-state index is 0.482. The summed E-state index contributed by atoms with van der Waals surface area (Å²) in [6, 6.07) is 9.85. The molecule has 4 nitrogen and oxygen atoms in total. The summed E-state index contributed by atoms with van der Waals surface area (Å²) in [4.78, 5) is 8.28. The van der Waals surface area contributed by atoms with E-state index in [0.29, 0.717) is 18.2 Å². The van der Waals surface area contributed by atoms with E-state index in [2.05, 4.69) is 43.3 Å². The van der Waals surface area contributed by atoms with Gasteiger partial charge in [0.1, 0.15) is 17.5 Å². The van der Waals surface area contributed by atoms with E-state index in [4.69, 9.17) is 5.73 Å². The zero-order valence-corrected chi connectivity index (χ0v) is 11.0. The molecule has 0 saturated heterocycles. The minimum Gasteiger partial charge on any atom is -0.384 e. The van der Waals surface area contributed by atoms with Gasteiger partial charge in [0, 0.05) is 17.1 Å². The Kier molecular flexibility index (Phi) is 3.58. The molecule has 2 aromatic rings. The standard InChI is InChI=1S/C12H13BrN4/c1-8-16-11(14)6-12(17-8)15-7-9-2-4-10(13)5-3-9/h2-6H,7H2,1H3,(H3,14,15,16,17). The molecule has 0 fully saturated rings. The van der Waals surface area contributed by atoms with Crippen LogP contribution in [-0.4, -0.2) is 9.97 Å². The molecule has 0 radical (unpaired) electrons. The van der Waals surface area contributed by atoms with Crippen molar-refractivity contribution >= 4 is 27.6 Å². The zero-order valence-electron chi connectivity index (χ0n) is 9.44. The predicted molar refractivity (Wildman–Crippen MR) is 72.7 cm³/mol. The van der Waals surface area contributed by atoms with Crippen LogP contribution >= 0.6 is 15.9 Å². The first kappa shape index (κ1) is 11.9. The van der Waals surface area contributed by atoms with Crippen molar-refractivity contribution in [2.24, 2.45) is 0 Å². The molecule has 0 saturated carbocycles. The Morgan fingerprint density at radius 1 is 1.24 bits per heavy atom. The average molecular weight is 293 g/mol. The molecule has 0 amide bonds. The van der Waals surface area contributed by atoms with Crippen molar-refractivity contribution in [2.45, 2.75) is 13.5 Å². The number of hydrogen-bond donors (Lipinski definition) is 2. The highest BCUT2D eigenvalue weighted by molar-refractivity contribution is 9.10. The van der Waals surface area contributed by atoms with Crippen molar-refractivity contribution in [1.82, 2.24) is 9.97 Å². The van der Waals surface area contributed by atoms with Crippen LogP contribution in [0.5, 0.6) is 0 Å². The molecule has 1 aromatic carbocycles. The second-order valence-electron chi connectivity index (χ2n) is 3.71. The lowest BCUT2D eigenvalue weighted by atomic mass is 10.2. The Bertz CT molecular complexity index is 490. The van der Waals surface area contributed by atoms with Gasteiger partial charge in [-0.05, 0) is 24.6 Å². The molecule has 0 aliphatic rings. The molecule has 0 spiro atoms. The van der Waals surface area contributed by atoms with Gasteiger partial charge >= 0.3 is 0 Å². The lowest BCUT2D eigenvalue weighted by Crippen LogP contribution is -2.04. The first-order valence-electron chi connectivity index (χ1n) is 5.23. The number of rotatable bonds is 3. The summed E-state index contributed by atoms with van der Waals surface area (Å²) in [6.07, 6.45) is 0. The third-order valence-corrected chi connectivity index (χ3v) is 2.77. The van der Waals surface area contributed by atoms with Crippen molar-refractivity contribution in [1.29, 1.82) is 0 Å². The van der Waals surface area contributed by atoms with Gasteiger partial charge in [-0.3, -0.25) is 0 Å². The molecule has 17 heavy (non-hydrogen) atoms. The second-order valence-corrected chi connectivity index (χ2v) is 4.62. The summed E-state index contributed by atoms with van der Waals surface area (Å²) in [5.41, 5.74) is 6.83. The molecule has 0 bridgehead atoms. The number of aryl methyl sites for hydroxylation is 1. The molecule has 3 N–H and O–H groups in total. The minimum atomic E-state index is 0.482. The van der Waals surface area contributed by atoms with E-state index in [9.17, 15) is 0 Å². The van der Waals surface area contributed by atoms with Crippen molar-refractivity contribution in [2.75, 3.05) is 11.1 Å². The lowest BCUT2D eigenvalue weighted by molar-refractivity contribution is 1.03. The van der Waals surface area contributed by atoms with Gasteiger partial charge in [0.05, 0.1) is 0 Å². The van der Waals surface area contributed by atoms with Gasteiger partial charge in [0.25, 0.3) is 0 Å². The van der Waals surface area contributed by atoms with Crippen molar-refractivity contribution in [3.63, 3.8) is 0 Å². The van der Waals surface area contributed by atoms with E-state index in [0.717, 1.165) is 10.3 Å². The highest BCUT2D eigenvalue weighted by Gasteiger charge is 1.99. The molecule has 0 unspecified atom stereocenters. The third kappa shape index (κ3) is 3.42. The van der Waals surface area contributed by atoms with Crippen molar-refractivity contribution in [3.8, 4) is 0 Å². The Morgan fingerprint density at radius 2 is 1.94 bits per heavy atom. The SMILES string of the molecule is Cc1nc(N)cc(NCc2ccc(Br)cc2)n1. The van der Waals surface area contributed by atoms with Gasteiger partial charge < -0.3 is 11.1 Å². The van der Waals surface area contributed by atoms with Crippen LogP contribution in [-0.2, 0) is 6.54 Å². The fourth-order valence-electron chi connectivity index (χ4n) is 1.48. The maximum absolute atomic E-state index is 5.65. The molecular weight excluding hydrogens is 280 g/mol. The molecule has 0 aliphatic carbocycles.